The molecule has 0 saturated carbocycles. The van der Waals surface area contributed by atoms with Gasteiger partial charge >= 0.3 is 0 Å². The van der Waals surface area contributed by atoms with Gasteiger partial charge in [0.25, 0.3) is 0 Å². The van der Waals surface area contributed by atoms with Crippen molar-refractivity contribution in [1.82, 2.24) is 30.0 Å². The lowest BCUT2D eigenvalue weighted by molar-refractivity contribution is 0.236. The van der Waals surface area contributed by atoms with Crippen molar-refractivity contribution in [3.05, 3.63) is 47.9 Å². The Labute approximate surface area is 155 Å². The molecule has 0 radical (unpaired) electrons. The Balaban J connectivity index is 1.84. The predicted molar refractivity (Wildman–Crippen MR) is 94.0 cm³/mol. The van der Waals surface area contributed by atoms with Gasteiger partial charge in [0.05, 0.1) is 5.75 Å². The molecule has 0 fully saturated rings. The van der Waals surface area contributed by atoms with Crippen molar-refractivity contribution in [3.63, 3.8) is 0 Å². The van der Waals surface area contributed by atoms with E-state index in [0.717, 1.165) is 0 Å². The first-order valence-corrected chi connectivity index (χ1v) is 9.73. The number of benzene rings is 1. The summed E-state index contributed by atoms with van der Waals surface area (Å²) in [5.41, 5.74) is -0.0920. The topological polar surface area (TPSA) is 127 Å². The van der Waals surface area contributed by atoms with Crippen LogP contribution in [0.2, 0.25) is 0 Å². The first-order chi connectivity index (χ1) is 12.6. The van der Waals surface area contributed by atoms with E-state index in [1.54, 1.807) is 0 Å². The van der Waals surface area contributed by atoms with E-state index in [1.165, 1.54) is 30.6 Å². The molecular weight excluding hydrogens is 375 g/mol. The molecule has 2 aromatic heterocycles. The zero-order valence-corrected chi connectivity index (χ0v) is 15.8. The zero-order chi connectivity index (χ0) is 19.7. The molecule has 0 aliphatic rings. The van der Waals surface area contributed by atoms with E-state index in [-0.39, 0.29) is 17.5 Å². The lowest BCUT2D eigenvalue weighted by atomic mass is 9.87. The number of aromatic nitrogens is 5. The third-order valence-corrected chi connectivity index (χ3v) is 5.06. The van der Waals surface area contributed by atoms with Gasteiger partial charge in [-0.2, -0.15) is 10.1 Å². The molecule has 9 nitrogen and oxygen atoms in total. The van der Waals surface area contributed by atoms with Gasteiger partial charge in [-0.25, -0.2) is 22.5 Å². The van der Waals surface area contributed by atoms with Gasteiger partial charge in [-0.15, -0.1) is 0 Å². The normalized spacial score (nSPS) is 13.6. The maximum Gasteiger partial charge on any atom is 0.245 e. The highest BCUT2D eigenvalue weighted by atomic mass is 32.2. The summed E-state index contributed by atoms with van der Waals surface area (Å²) >= 11 is 0. The van der Waals surface area contributed by atoms with Crippen molar-refractivity contribution in [1.29, 1.82) is 0 Å². The van der Waals surface area contributed by atoms with E-state index < -0.39 is 27.3 Å². The van der Waals surface area contributed by atoms with Crippen molar-refractivity contribution >= 4 is 10.0 Å². The van der Waals surface area contributed by atoms with Crippen LogP contribution in [0.1, 0.15) is 38.3 Å². The first-order valence-electron chi connectivity index (χ1n) is 8.08. The highest BCUT2D eigenvalue weighted by Crippen LogP contribution is 2.33. The average Bonchev–Trinajstić information content (AvgIpc) is 3.24. The molecule has 1 unspecified atom stereocenters. The molecule has 0 saturated heterocycles. The van der Waals surface area contributed by atoms with Crippen LogP contribution >= 0.6 is 0 Å². The van der Waals surface area contributed by atoms with E-state index in [9.17, 15) is 12.8 Å². The Morgan fingerprint density at radius 2 is 1.96 bits per heavy atom. The summed E-state index contributed by atoms with van der Waals surface area (Å²) in [6.45, 7) is 5.53. The Kier molecular flexibility index (Phi) is 5.07. The Morgan fingerprint density at radius 1 is 1.26 bits per heavy atom. The molecule has 2 N–H and O–H groups in total. The monoisotopic (exact) mass is 394 g/mol. The second-order valence-corrected chi connectivity index (χ2v) is 8.85. The zero-order valence-electron chi connectivity index (χ0n) is 15.0. The molecule has 0 spiro atoms. The Bertz CT molecular complexity index is 994. The van der Waals surface area contributed by atoms with Crippen LogP contribution in [0.25, 0.3) is 11.6 Å². The minimum atomic E-state index is -3.76. The number of hydrogen-bond donors (Lipinski definition) is 2. The van der Waals surface area contributed by atoms with Gasteiger partial charge in [0, 0.05) is 0 Å². The van der Waals surface area contributed by atoms with Gasteiger partial charge in [0.15, 0.2) is 5.82 Å². The molecule has 144 valence electrons. The number of H-pyrrole nitrogens is 1. The Morgan fingerprint density at radius 3 is 2.56 bits per heavy atom. The summed E-state index contributed by atoms with van der Waals surface area (Å²) in [4.78, 5) is 8.17. The molecule has 0 aliphatic heterocycles. The van der Waals surface area contributed by atoms with Crippen molar-refractivity contribution in [2.45, 2.75) is 32.6 Å². The molecule has 27 heavy (non-hydrogen) atoms. The fraction of sp³-hybridized carbons (Fsp3) is 0.375. The van der Waals surface area contributed by atoms with Crippen molar-refractivity contribution in [2.24, 2.45) is 5.41 Å². The molecule has 0 aliphatic carbocycles. The second-order valence-electron chi connectivity index (χ2n) is 7.09. The van der Waals surface area contributed by atoms with Crippen LogP contribution in [-0.2, 0) is 15.8 Å². The predicted octanol–water partition coefficient (Wildman–Crippen LogP) is 2.20. The van der Waals surface area contributed by atoms with Crippen LogP contribution in [0.3, 0.4) is 0 Å². The molecule has 0 amide bonds. The Hall–Kier alpha value is -2.66. The standard InChI is InChI=1S/C16H19FN6O3S/c1-16(2,3)12(15-20-14(22-26-15)13-18-9-19-21-13)23-27(24,25)8-10-4-6-11(17)7-5-10/h4-7,9,12,23H,8H2,1-3H3,(H,18,19,21). The number of sulfonamides is 1. The largest absolute Gasteiger partial charge is 0.337 e. The van der Waals surface area contributed by atoms with E-state index in [2.05, 4.69) is 30.0 Å². The highest BCUT2D eigenvalue weighted by Gasteiger charge is 2.35. The number of nitrogens with one attached hydrogen (secondary N) is 2. The van der Waals surface area contributed by atoms with E-state index >= 15 is 0 Å². The van der Waals surface area contributed by atoms with Crippen molar-refractivity contribution in [2.75, 3.05) is 0 Å². The highest BCUT2D eigenvalue weighted by molar-refractivity contribution is 7.88. The molecule has 1 atom stereocenters. The van der Waals surface area contributed by atoms with E-state index in [1.807, 2.05) is 20.8 Å². The third-order valence-electron chi connectivity index (χ3n) is 3.75. The molecule has 2 heterocycles. The average molecular weight is 394 g/mol. The minimum absolute atomic E-state index is 0.108. The number of halogens is 1. The minimum Gasteiger partial charge on any atom is -0.337 e. The quantitative estimate of drug-likeness (QED) is 0.656. The summed E-state index contributed by atoms with van der Waals surface area (Å²) in [5.74, 6) is -0.136. The molecule has 0 bridgehead atoms. The van der Waals surface area contributed by atoms with Crippen LogP contribution in [0.4, 0.5) is 4.39 Å². The fourth-order valence-corrected chi connectivity index (χ4v) is 3.91. The van der Waals surface area contributed by atoms with Gasteiger partial charge in [-0.05, 0) is 23.1 Å². The summed E-state index contributed by atoms with van der Waals surface area (Å²) in [7, 11) is -3.76. The van der Waals surface area contributed by atoms with Gasteiger partial charge in [0.1, 0.15) is 18.2 Å². The number of hydrogen-bond acceptors (Lipinski definition) is 7. The van der Waals surface area contributed by atoms with Gasteiger partial charge in [-0.1, -0.05) is 38.1 Å². The number of nitrogens with zero attached hydrogens (tertiary/aromatic N) is 4. The molecule has 3 rings (SSSR count). The number of rotatable bonds is 6. The van der Waals surface area contributed by atoms with Crippen LogP contribution in [0.15, 0.2) is 35.1 Å². The second kappa shape index (κ2) is 7.16. The van der Waals surface area contributed by atoms with Gasteiger partial charge in [0.2, 0.25) is 21.7 Å². The summed E-state index contributed by atoms with van der Waals surface area (Å²) in [5, 5.41) is 10.2. The van der Waals surface area contributed by atoms with Crippen LogP contribution < -0.4 is 4.72 Å². The van der Waals surface area contributed by atoms with E-state index in [4.69, 9.17) is 4.52 Å². The smallest absolute Gasteiger partial charge is 0.245 e. The van der Waals surface area contributed by atoms with Crippen LogP contribution in [-0.4, -0.2) is 33.7 Å². The number of aromatic amines is 1. The first kappa shape index (κ1) is 19.1. The molecule has 1 aromatic carbocycles. The summed E-state index contributed by atoms with van der Waals surface area (Å²) in [6, 6.07) is 4.51. The lowest BCUT2D eigenvalue weighted by Crippen LogP contribution is -2.37. The molecular formula is C16H19FN6O3S. The maximum absolute atomic E-state index is 13.0. The van der Waals surface area contributed by atoms with Gasteiger partial charge in [-0.3, -0.25) is 5.10 Å². The van der Waals surface area contributed by atoms with Crippen molar-refractivity contribution < 1.29 is 17.3 Å². The maximum atomic E-state index is 13.0. The SMILES string of the molecule is CC(C)(C)C(NS(=O)(=O)Cc1ccc(F)cc1)c1nc(-c2ncn[nH]2)no1. The fourth-order valence-electron chi connectivity index (χ4n) is 2.38. The molecule has 11 heteroatoms. The van der Waals surface area contributed by atoms with Gasteiger partial charge < -0.3 is 4.52 Å². The van der Waals surface area contributed by atoms with Crippen LogP contribution in [0.5, 0.6) is 0 Å². The van der Waals surface area contributed by atoms with Crippen molar-refractivity contribution in [3.8, 4) is 11.6 Å². The lowest BCUT2D eigenvalue weighted by Gasteiger charge is -2.28. The summed E-state index contributed by atoms with van der Waals surface area (Å²) < 4.78 is 46.1. The van der Waals surface area contributed by atoms with E-state index in [0.29, 0.717) is 11.4 Å². The molecule has 3 aromatic rings. The van der Waals surface area contributed by atoms with Crippen LogP contribution in [0, 0.1) is 11.2 Å². The summed E-state index contributed by atoms with van der Waals surface area (Å²) in [6.07, 6.45) is 1.30. The third kappa shape index (κ3) is 4.74.